The van der Waals surface area contributed by atoms with E-state index in [2.05, 4.69) is 5.32 Å². The molecule has 0 saturated carbocycles. The van der Waals surface area contributed by atoms with Crippen molar-refractivity contribution in [2.24, 2.45) is 0 Å². The van der Waals surface area contributed by atoms with Crippen molar-refractivity contribution >= 4 is 15.7 Å². The van der Waals surface area contributed by atoms with Crippen LogP contribution in [0.1, 0.15) is 20.3 Å². The third kappa shape index (κ3) is 5.14. The Balaban J connectivity index is 2.66. The fourth-order valence-electron chi connectivity index (χ4n) is 1.30. The third-order valence-corrected chi connectivity index (χ3v) is 4.30. The molecular formula is C14H19NO4S. The van der Waals surface area contributed by atoms with E-state index in [1.54, 1.807) is 32.0 Å². The first-order valence-corrected chi connectivity index (χ1v) is 7.80. The van der Waals surface area contributed by atoms with Crippen LogP contribution >= 0.6 is 0 Å². The highest BCUT2D eigenvalue weighted by atomic mass is 32.2. The van der Waals surface area contributed by atoms with Gasteiger partial charge in [0.1, 0.15) is 0 Å². The molecule has 1 amide bonds. The summed E-state index contributed by atoms with van der Waals surface area (Å²) in [5.41, 5.74) is -0.998. The van der Waals surface area contributed by atoms with Crippen molar-refractivity contribution in [2.45, 2.75) is 30.8 Å². The average molecular weight is 297 g/mol. The molecule has 5 nitrogen and oxygen atoms in total. The zero-order valence-electron chi connectivity index (χ0n) is 11.5. The summed E-state index contributed by atoms with van der Waals surface area (Å²) in [4.78, 5) is 11.6. The van der Waals surface area contributed by atoms with Crippen molar-refractivity contribution in [3.05, 3.63) is 41.8 Å². The van der Waals surface area contributed by atoms with Crippen LogP contribution in [0.25, 0.3) is 0 Å². The number of rotatable bonds is 6. The van der Waals surface area contributed by atoms with E-state index in [1.807, 2.05) is 0 Å². The zero-order chi connectivity index (χ0) is 15.2. The van der Waals surface area contributed by atoms with Crippen LogP contribution in [0.2, 0.25) is 0 Å². The molecule has 0 fully saturated rings. The van der Waals surface area contributed by atoms with Crippen LogP contribution in [-0.4, -0.2) is 31.6 Å². The molecular weight excluding hydrogens is 278 g/mol. The Kier molecular flexibility index (Phi) is 5.47. The van der Waals surface area contributed by atoms with Gasteiger partial charge in [0.05, 0.1) is 10.5 Å². The fourth-order valence-corrected chi connectivity index (χ4v) is 2.30. The highest BCUT2D eigenvalue weighted by Gasteiger charge is 2.18. The SMILES string of the molecule is CCC(C)(O)CNC(=O)C=CS(=O)(=O)c1ccccc1. The lowest BCUT2D eigenvalue weighted by Crippen LogP contribution is -2.39. The Morgan fingerprint density at radius 2 is 1.95 bits per heavy atom. The number of sulfone groups is 1. The second kappa shape index (κ2) is 6.67. The summed E-state index contributed by atoms with van der Waals surface area (Å²) in [7, 11) is -3.62. The van der Waals surface area contributed by atoms with E-state index in [1.165, 1.54) is 12.1 Å². The molecule has 1 atom stereocenters. The number of benzene rings is 1. The van der Waals surface area contributed by atoms with Crippen molar-refractivity contribution in [1.29, 1.82) is 0 Å². The van der Waals surface area contributed by atoms with Crippen LogP contribution in [0.15, 0.2) is 46.7 Å². The molecule has 0 spiro atoms. The van der Waals surface area contributed by atoms with E-state index in [0.29, 0.717) is 6.42 Å². The molecule has 0 saturated heterocycles. The van der Waals surface area contributed by atoms with Gasteiger partial charge >= 0.3 is 0 Å². The number of amides is 1. The molecule has 0 aliphatic rings. The van der Waals surface area contributed by atoms with Crippen LogP contribution in [0.5, 0.6) is 0 Å². The van der Waals surface area contributed by atoms with Crippen LogP contribution in [0, 0.1) is 0 Å². The second-order valence-electron chi connectivity index (χ2n) is 4.73. The number of nitrogens with one attached hydrogen (secondary N) is 1. The van der Waals surface area contributed by atoms with Gasteiger partial charge in [0.2, 0.25) is 5.91 Å². The zero-order valence-corrected chi connectivity index (χ0v) is 12.4. The topological polar surface area (TPSA) is 83.5 Å². The molecule has 0 radical (unpaired) electrons. The van der Waals surface area contributed by atoms with Crippen molar-refractivity contribution in [2.75, 3.05) is 6.54 Å². The summed E-state index contributed by atoms with van der Waals surface area (Å²) in [6.07, 6.45) is 1.44. The monoisotopic (exact) mass is 297 g/mol. The Morgan fingerprint density at radius 3 is 2.50 bits per heavy atom. The molecule has 110 valence electrons. The normalized spacial score (nSPS) is 14.9. The Hall–Kier alpha value is -1.66. The minimum atomic E-state index is -3.62. The lowest BCUT2D eigenvalue weighted by atomic mass is 10.0. The van der Waals surface area contributed by atoms with E-state index in [4.69, 9.17) is 0 Å². The van der Waals surface area contributed by atoms with Gasteiger partial charge in [-0.15, -0.1) is 0 Å². The Morgan fingerprint density at radius 1 is 1.35 bits per heavy atom. The molecule has 2 N–H and O–H groups in total. The summed E-state index contributed by atoms with van der Waals surface area (Å²) >= 11 is 0. The van der Waals surface area contributed by atoms with Gasteiger partial charge in [-0.2, -0.15) is 0 Å². The average Bonchev–Trinajstić information content (AvgIpc) is 2.44. The molecule has 6 heteroatoms. The number of hydrogen-bond acceptors (Lipinski definition) is 4. The van der Waals surface area contributed by atoms with Gasteiger partial charge in [-0.3, -0.25) is 4.79 Å². The molecule has 0 aromatic heterocycles. The maximum Gasteiger partial charge on any atom is 0.244 e. The van der Waals surface area contributed by atoms with Gasteiger partial charge in [0.15, 0.2) is 9.84 Å². The van der Waals surface area contributed by atoms with E-state index in [0.717, 1.165) is 11.5 Å². The molecule has 20 heavy (non-hydrogen) atoms. The van der Waals surface area contributed by atoms with Crippen molar-refractivity contribution in [3.8, 4) is 0 Å². The summed E-state index contributed by atoms with van der Waals surface area (Å²) in [5, 5.41) is 13.0. The van der Waals surface area contributed by atoms with Gasteiger partial charge in [-0.05, 0) is 25.5 Å². The van der Waals surface area contributed by atoms with Gasteiger partial charge in [-0.25, -0.2) is 8.42 Å². The van der Waals surface area contributed by atoms with Gasteiger partial charge < -0.3 is 10.4 Å². The van der Waals surface area contributed by atoms with Crippen LogP contribution in [0.4, 0.5) is 0 Å². The van der Waals surface area contributed by atoms with Gasteiger partial charge in [0.25, 0.3) is 0 Å². The first-order valence-electron chi connectivity index (χ1n) is 6.25. The molecule has 1 rings (SSSR count). The summed E-state index contributed by atoms with van der Waals surface area (Å²) in [6, 6.07) is 7.85. The van der Waals surface area contributed by atoms with Gasteiger partial charge in [0, 0.05) is 18.0 Å². The molecule has 0 aliphatic heterocycles. The second-order valence-corrected chi connectivity index (χ2v) is 6.56. The number of carbonyl (C=O) groups is 1. The third-order valence-electron chi connectivity index (χ3n) is 2.88. The van der Waals surface area contributed by atoms with Crippen molar-refractivity contribution in [3.63, 3.8) is 0 Å². The van der Waals surface area contributed by atoms with Gasteiger partial charge in [-0.1, -0.05) is 25.1 Å². The van der Waals surface area contributed by atoms with Crippen molar-refractivity contribution in [1.82, 2.24) is 5.32 Å². The Labute approximate surface area is 119 Å². The number of hydrogen-bond donors (Lipinski definition) is 2. The molecule has 0 heterocycles. The molecule has 1 aromatic carbocycles. The molecule has 1 unspecified atom stereocenters. The van der Waals surface area contributed by atoms with E-state index in [9.17, 15) is 18.3 Å². The van der Waals surface area contributed by atoms with E-state index < -0.39 is 21.3 Å². The summed E-state index contributed by atoms with van der Waals surface area (Å²) < 4.78 is 23.8. The molecule has 0 bridgehead atoms. The minimum Gasteiger partial charge on any atom is -0.388 e. The van der Waals surface area contributed by atoms with E-state index in [-0.39, 0.29) is 11.4 Å². The lowest BCUT2D eigenvalue weighted by molar-refractivity contribution is -0.117. The van der Waals surface area contributed by atoms with Crippen molar-refractivity contribution < 1.29 is 18.3 Å². The van der Waals surface area contributed by atoms with Crippen LogP contribution in [-0.2, 0) is 14.6 Å². The highest BCUT2D eigenvalue weighted by molar-refractivity contribution is 7.94. The predicted octanol–water partition coefficient (Wildman–Crippen LogP) is 1.25. The Bertz CT molecular complexity index is 576. The minimum absolute atomic E-state index is 0.0675. The summed E-state index contributed by atoms with van der Waals surface area (Å²) in [6.45, 7) is 3.46. The molecule has 0 aliphatic carbocycles. The first kappa shape index (κ1) is 16.4. The maximum absolute atomic E-state index is 11.9. The number of carbonyl (C=O) groups excluding carboxylic acids is 1. The van der Waals surface area contributed by atoms with Crippen LogP contribution < -0.4 is 5.32 Å². The summed E-state index contributed by atoms with van der Waals surface area (Å²) in [5.74, 6) is -0.557. The fraction of sp³-hybridized carbons (Fsp3) is 0.357. The maximum atomic E-state index is 11.9. The number of aliphatic hydroxyl groups is 1. The molecule has 1 aromatic rings. The smallest absolute Gasteiger partial charge is 0.244 e. The largest absolute Gasteiger partial charge is 0.388 e. The highest BCUT2D eigenvalue weighted by Crippen LogP contribution is 2.11. The predicted molar refractivity (Wildman–Crippen MR) is 76.7 cm³/mol. The van der Waals surface area contributed by atoms with E-state index >= 15 is 0 Å². The first-order chi connectivity index (χ1) is 9.27. The standard InChI is InChI=1S/C14H19NO4S/c1-3-14(2,17)11-15-13(16)9-10-20(18,19)12-7-5-4-6-8-12/h4-10,17H,3,11H2,1-2H3,(H,15,16). The van der Waals surface area contributed by atoms with Crippen LogP contribution in [0.3, 0.4) is 0 Å². The quantitative estimate of drug-likeness (QED) is 0.774. The lowest BCUT2D eigenvalue weighted by Gasteiger charge is -2.20.